The van der Waals surface area contributed by atoms with Crippen LogP contribution < -0.4 is 15.0 Å². The van der Waals surface area contributed by atoms with Crippen molar-refractivity contribution in [1.29, 1.82) is 0 Å². The molecule has 1 aliphatic carbocycles. The molecular weight excluding hydrogens is 629 g/mol. The second-order valence-electron chi connectivity index (χ2n) is 15.2. The Hall–Kier alpha value is -4.11. The number of halogens is 3. The first kappa shape index (κ1) is 30.9. The first-order valence-corrected chi connectivity index (χ1v) is 17.3. The highest BCUT2D eigenvalue weighted by Gasteiger charge is 2.48. The van der Waals surface area contributed by atoms with Crippen LogP contribution in [0.4, 0.5) is 19.0 Å². The summed E-state index contributed by atoms with van der Waals surface area (Å²) in [6.07, 6.45) is 9.82. The standard InChI is InChI=1S/C38H39F3N6O2/c1-3-27-30(39)7-4-21-10-26(48)11-28(32(21)27)33-31(40)12-29-35(34(33)41)43-37(44-36(29)47-17-24-5-6-25(18-47)42-24)49-20-38(8-9-38)19-46-15-22-13-45(2)14-23(22)16-46/h1,4,7,10-12,22-25,42,48H,5-6,8-9,13-20H2,2H3. The van der Waals surface area contributed by atoms with Crippen LogP contribution in [0.5, 0.6) is 11.8 Å². The number of benzene rings is 3. The van der Waals surface area contributed by atoms with Crippen molar-refractivity contribution in [1.82, 2.24) is 25.1 Å². The van der Waals surface area contributed by atoms with E-state index < -0.39 is 23.0 Å². The normalized spacial score (nSPS) is 26.1. The van der Waals surface area contributed by atoms with Gasteiger partial charge < -0.3 is 29.9 Å². The van der Waals surface area contributed by atoms with Gasteiger partial charge in [-0.15, -0.1) is 6.42 Å². The molecule has 4 aliphatic heterocycles. The van der Waals surface area contributed by atoms with Gasteiger partial charge in [-0.3, -0.25) is 0 Å². The monoisotopic (exact) mass is 668 g/mol. The van der Waals surface area contributed by atoms with Gasteiger partial charge in [0.05, 0.1) is 17.7 Å². The Morgan fingerprint density at radius 1 is 0.980 bits per heavy atom. The number of fused-ring (bicyclic) bond motifs is 5. The molecule has 4 saturated heterocycles. The summed E-state index contributed by atoms with van der Waals surface area (Å²) < 4.78 is 54.5. The predicted molar refractivity (Wildman–Crippen MR) is 182 cm³/mol. The fourth-order valence-corrected chi connectivity index (χ4v) is 9.12. The topological polar surface area (TPSA) is 77.0 Å². The number of terminal acetylenes is 1. The Balaban J connectivity index is 1.11. The minimum absolute atomic E-state index is 0.000148. The number of hydrogen-bond donors (Lipinski definition) is 2. The molecule has 8 nitrogen and oxygen atoms in total. The van der Waals surface area contributed by atoms with Crippen LogP contribution in [0.2, 0.25) is 0 Å². The number of aromatic hydroxyl groups is 1. The molecule has 5 fully saturated rings. The highest BCUT2D eigenvalue weighted by molar-refractivity contribution is 6.04. The van der Waals surface area contributed by atoms with Crippen molar-refractivity contribution in [2.75, 3.05) is 64.4 Å². The maximum absolute atomic E-state index is 16.9. The predicted octanol–water partition coefficient (Wildman–Crippen LogP) is 5.15. The summed E-state index contributed by atoms with van der Waals surface area (Å²) >= 11 is 0. The Morgan fingerprint density at radius 3 is 2.41 bits per heavy atom. The fourth-order valence-electron chi connectivity index (χ4n) is 9.12. The summed E-state index contributed by atoms with van der Waals surface area (Å²) in [6, 6.07) is 7.01. The van der Waals surface area contributed by atoms with Gasteiger partial charge in [0.25, 0.3) is 0 Å². The number of ether oxygens (including phenoxy) is 1. The number of rotatable bonds is 7. The summed E-state index contributed by atoms with van der Waals surface area (Å²) in [5.41, 5.74) is -0.742. The number of hydrogen-bond acceptors (Lipinski definition) is 8. The van der Waals surface area contributed by atoms with E-state index in [1.165, 1.54) is 30.3 Å². The molecule has 11 heteroatoms. The van der Waals surface area contributed by atoms with E-state index in [1.807, 2.05) is 0 Å². The quantitative estimate of drug-likeness (QED) is 0.262. The van der Waals surface area contributed by atoms with Gasteiger partial charge in [-0.1, -0.05) is 12.0 Å². The zero-order valence-electron chi connectivity index (χ0n) is 27.5. The summed E-state index contributed by atoms with van der Waals surface area (Å²) in [7, 11) is 2.20. The number of anilines is 1. The number of piperazine rings is 1. The number of nitrogens with one attached hydrogen (secondary N) is 1. The van der Waals surface area contributed by atoms with Crippen molar-refractivity contribution in [2.45, 2.75) is 37.8 Å². The molecule has 4 unspecified atom stereocenters. The molecule has 2 bridgehead atoms. The largest absolute Gasteiger partial charge is 0.508 e. The summed E-state index contributed by atoms with van der Waals surface area (Å²) in [5.74, 6) is 1.43. The molecule has 254 valence electrons. The first-order chi connectivity index (χ1) is 23.7. The van der Waals surface area contributed by atoms with Gasteiger partial charge in [0.2, 0.25) is 0 Å². The molecule has 2 N–H and O–H groups in total. The molecule has 5 heterocycles. The van der Waals surface area contributed by atoms with E-state index in [2.05, 4.69) is 38.0 Å². The highest BCUT2D eigenvalue weighted by atomic mass is 19.1. The van der Waals surface area contributed by atoms with Crippen LogP contribution in [0.1, 0.15) is 31.2 Å². The van der Waals surface area contributed by atoms with Crippen LogP contribution in [0.15, 0.2) is 30.3 Å². The number of likely N-dealkylation sites (tertiary alicyclic amines) is 2. The minimum Gasteiger partial charge on any atom is -0.508 e. The second-order valence-corrected chi connectivity index (χ2v) is 15.2. The smallest absolute Gasteiger partial charge is 0.319 e. The molecule has 49 heavy (non-hydrogen) atoms. The summed E-state index contributed by atoms with van der Waals surface area (Å²) in [5, 5.41) is 14.9. The highest BCUT2D eigenvalue weighted by Crippen LogP contribution is 2.48. The molecule has 5 aliphatic rings. The van der Waals surface area contributed by atoms with Gasteiger partial charge in [-0.25, -0.2) is 13.2 Å². The Morgan fingerprint density at radius 2 is 1.71 bits per heavy atom. The van der Waals surface area contributed by atoms with Crippen molar-refractivity contribution < 1.29 is 23.0 Å². The third-order valence-corrected chi connectivity index (χ3v) is 11.6. The van der Waals surface area contributed by atoms with Gasteiger partial charge >= 0.3 is 6.01 Å². The molecule has 3 aromatic carbocycles. The average molecular weight is 669 g/mol. The lowest BCUT2D eigenvalue weighted by molar-refractivity contribution is 0.161. The maximum Gasteiger partial charge on any atom is 0.319 e. The number of nitrogens with zero attached hydrogens (tertiary/aromatic N) is 5. The summed E-state index contributed by atoms with van der Waals surface area (Å²) in [4.78, 5) is 16.5. The molecule has 0 radical (unpaired) electrons. The fraction of sp³-hybridized carbons (Fsp3) is 0.474. The van der Waals surface area contributed by atoms with Crippen LogP contribution in [0, 0.1) is 47.0 Å². The van der Waals surface area contributed by atoms with Crippen molar-refractivity contribution >= 4 is 27.5 Å². The maximum atomic E-state index is 16.9. The van der Waals surface area contributed by atoms with Crippen LogP contribution in [0.25, 0.3) is 32.8 Å². The molecular formula is C38H39F3N6O2. The second kappa shape index (κ2) is 11.5. The average Bonchev–Trinajstić information content (AvgIpc) is 3.43. The van der Waals surface area contributed by atoms with Crippen LogP contribution in [0.3, 0.4) is 0 Å². The molecule has 1 aromatic heterocycles. The number of aromatic nitrogens is 2. The molecule has 0 amide bonds. The third-order valence-electron chi connectivity index (χ3n) is 11.6. The Labute approximate surface area is 283 Å². The zero-order valence-corrected chi connectivity index (χ0v) is 27.5. The molecule has 1 saturated carbocycles. The molecule has 4 atom stereocenters. The molecule has 9 rings (SSSR count). The third kappa shape index (κ3) is 5.36. The molecule has 0 spiro atoms. The van der Waals surface area contributed by atoms with Crippen LogP contribution >= 0.6 is 0 Å². The summed E-state index contributed by atoms with van der Waals surface area (Å²) in [6.45, 7) is 7.16. The van der Waals surface area contributed by atoms with E-state index in [-0.39, 0.29) is 56.7 Å². The number of phenolic OH excluding ortho intramolecular Hbond substituents is 1. The van der Waals surface area contributed by atoms with Crippen molar-refractivity contribution in [2.24, 2.45) is 17.3 Å². The Kier molecular flexibility index (Phi) is 7.24. The van der Waals surface area contributed by atoms with E-state index in [1.54, 1.807) is 0 Å². The van der Waals surface area contributed by atoms with Crippen molar-refractivity contribution in [3.05, 3.63) is 53.3 Å². The van der Waals surface area contributed by atoms with Gasteiger partial charge in [-0.2, -0.15) is 9.97 Å². The van der Waals surface area contributed by atoms with E-state index in [4.69, 9.17) is 16.1 Å². The van der Waals surface area contributed by atoms with Gasteiger partial charge in [0.15, 0.2) is 5.82 Å². The SMILES string of the molecule is C#Cc1c(F)ccc2cc(O)cc(-c3c(F)cc4c(N5CC6CCC(C5)N6)nc(OCC5(CN6CC7CN(C)CC7C6)CC5)nc4c3F)c12. The van der Waals surface area contributed by atoms with Crippen molar-refractivity contribution in [3.63, 3.8) is 0 Å². The van der Waals surface area contributed by atoms with E-state index in [0.717, 1.165) is 70.2 Å². The zero-order chi connectivity index (χ0) is 33.6. The molecule has 4 aromatic rings. The van der Waals surface area contributed by atoms with Crippen molar-refractivity contribution in [3.8, 4) is 35.2 Å². The Bertz CT molecular complexity index is 2020. The van der Waals surface area contributed by atoms with Gasteiger partial charge in [0.1, 0.15) is 28.7 Å². The van der Waals surface area contributed by atoms with E-state index in [9.17, 15) is 9.50 Å². The van der Waals surface area contributed by atoms with Gasteiger partial charge in [-0.05, 0) is 74.2 Å². The van der Waals surface area contributed by atoms with Crippen LogP contribution in [-0.4, -0.2) is 96.4 Å². The first-order valence-electron chi connectivity index (χ1n) is 17.3. The van der Waals surface area contributed by atoms with Crippen LogP contribution in [-0.2, 0) is 0 Å². The van der Waals surface area contributed by atoms with E-state index >= 15 is 8.78 Å². The van der Waals surface area contributed by atoms with E-state index in [0.29, 0.717) is 30.9 Å². The lowest BCUT2D eigenvalue weighted by atomic mass is 9.92. The minimum atomic E-state index is -0.949. The lowest BCUT2D eigenvalue weighted by Crippen LogP contribution is -2.51. The van der Waals surface area contributed by atoms with Gasteiger partial charge in [0, 0.05) is 79.6 Å². The number of phenols is 1. The lowest BCUT2D eigenvalue weighted by Gasteiger charge is -2.34.